The van der Waals surface area contributed by atoms with Crippen molar-refractivity contribution in [1.29, 1.82) is 0 Å². The molecule has 0 unspecified atom stereocenters. The van der Waals surface area contributed by atoms with Crippen LogP contribution in [0.5, 0.6) is 0 Å². The van der Waals surface area contributed by atoms with Gasteiger partial charge in [-0.25, -0.2) is 9.78 Å². The number of fused-ring (bicyclic) bond motifs is 2. The summed E-state index contributed by atoms with van der Waals surface area (Å²) in [6, 6.07) is 13.8. The van der Waals surface area contributed by atoms with Crippen molar-refractivity contribution < 1.29 is 19.2 Å². The summed E-state index contributed by atoms with van der Waals surface area (Å²) in [7, 11) is 0. The molecule has 3 aromatic rings. The Morgan fingerprint density at radius 2 is 1.62 bits per heavy atom. The molecule has 4 rings (SSSR count). The molecule has 0 bridgehead atoms. The molecule has 0 radical (unpaired) electrons. The van der Waals surface area contributed by atoms with Crippen molar-refractivity contribution in [3.63, 3.8) is 0 Å². The first-order chi connectivity index (χ1) is 12.6. The standard InChI is InChI=1S/C19H15N3O4/c1-2-16-20-14-9-5-6-10-15(14)21(16)11-17(23)26-22-18(24)12-7-3-4-8-13(12)19(22)25/h3-10H,2,11H2,1H3. The molecule has 1 aliphatic heterocycles. The monoisotopic (exact) mass is 349 g/mol. The second-order valence-electron chi connectivity index (χ2n) is 5.87. The van der Waals surface area contributed by atoms with E-state index in [4.69, 9.17) is 4.84 Å². The van der Waals surface area contributed by atoms with Crippen LogP contribution in [-0.4, -0.2) is 32.4 Å². The molecule has 1 aromatic heterocycles. The fourth-order valence-corrected chi connectivity index (χ4v) is 3.08. The molecule has 2 amide bonds. The molecule has 7 nitrogen and oxygen atoms in total. The number of rotatable bonds is 4. The zero-order valence-electron chi connectivity index (χ0n) is 14.0. The summed E-state index contributed by atoms with van der Waals surface area (Å²) in [6.45, 7) is 1.80. The molecular formula is C19H15N3O4. The minimum absolute atomic E-state index is 0.142. The smallest absolute Gasteiger partial charge is 0.328 e. The lowest BCUT2D eigenvalue weighted by Crippen LogP contribution is -2.34. The van der Waals surface area contributed by atoms with Gasteiger partial charge < -0.3 is 9.40 Å². The Morgan fingerprint density at radius 3 is 2.27 bits per heavy atom. The first-order valence-electron chi connectivity index (χ1n) is 8.23. The summed E-state index contributed by atoms with van der Waals surface area (Å²) in [5.41, 5.74) is 2.03. The van der Waals surface area contributed by atoms with Gasteiger partial charge in [-0.2, -0.15) is 0 Å². The van der Waals surface area contributed by atoms with Gasteiger partial charge in [-0.3, -0.25) is 9.59 Å². The highest BCUT2D eigenvalue weighted by molar-refractivity contribution is 6.20. The van der Waals surface area contributed by atoms with E-state index in [1.165, 1.54) is 12.1 Å². The number of aromatic nitrogens is 2. The number of hydroxylamine groups is 2. The van der Waals surface area contributed by atoms with E-state index in [2.05, 4.69) is 4.98 Å². The second kappa shape index (κ2) is 6.11. The quantitative estimate of drug-likeness (QED) is 0.676. The lowest BCUT2D eigenvalue weighted by atomic mass is 10.1. The maximum Gasteiger partial charge on any atom is 0.352 e. The second-order valence-corrected chi connectivity index (χ2v) is 5.87. The van der Waals surface area contributed by atoms with Gasteiger partial charge in [0.15, 0.2) is 0 Å². The van der Waals surface area contributed by atoms with Crippen LogP contribution in [0.15, 0.2) is 48.5 Å². The van der Waals surface area contributed by atoms with Crippen LogP contribution in [0.25, 0.3) is 11.0 Å². The lowest BCUT2D eigenvalue weighted by Gasteiger charge is -2.14. The molecule has 0 fully saturated rings. The van der Waals surface area contributed by atoms with Crippen molar-refractivity contribution in [1.82, 2.24) is 14.6 Å². The third kappa shape index (κ3) is 2.45. The van der Waals surface area contributed by atoms with E-state index in [0.717, 1.165) is 16.9 Å². The van der Waals surface area contributed by atoms with E-state index in [-0.39, 0.29) is 17.7 Å². The Kier molecular flexibility index (Phi) is 3.76. The predicted octanol–water partition coefficient (Wildman–Crippen LogP) is 2.35. The van der Waals surface area contributed by atoms with E-state index in [1.54, 1.807) is 16.7 Å². The highest BCUT2D eigenvalue weighted by Crippen LogP contribution is 2.23. The van der Waals surface area contributed by atoms with Gasteiger partial charge in [0.1, 0.15) is 12.4 Å². The Morgan fingerprint density at radius 1 is 1.00 bits per heavy atom. The maximum atomic E-state index is 12.4. The number of para-hydroxylation sites is 2. The van der Waals surface area contributed by atoms with E-state index >= 15 is 0 Å². The Bertz CT molecular complexity index is 1020. The molecule has 1 aliphatic rings. The average molecular weight is 349 g/mol. The first kappa shape index (κ1) is 16.0. The minimum Gasteiger partial charge on any atom is -0.328 e. The van der Waals surface area contributed by atoms with Gasteiger partial charge in [0, 0.05) is 6.42 Å². The molecule has 2 heterocycles. The van der Waals surface area contributed by atoms with Crippen molar-refractivity contribution in [2.45, 2.75) is 19.9 Å². The fourth-order valence-electron chi connectivity index (χ4n) is 3.08. The number of amides is 2. The van der Waals surface area contributed by atoms with Gasteiger partial charge in [-0.15, -0.1) is 0 Å². The number of carbonyl (C=O) groups excluding carboxylic acids is 3. The molecule has 7 heteroatoms. The maximum absolute atomic E-state index is 12.4. The van der Waals surface area contributed by atoms with Crippen LogP contribution in [0.4, 0.5) is 0 Å². The topological polar surface area (TPSA) is 81.5 Å². The molecule has 0 saturated heterocycles. The van der Waals surface area contributed by atoms with Crippen LogP contribution in [0.3, 0.4) is 0 Å². The molecule has 130 valence electrons. The molecule has 2 aromatic carbocycles. The van der Waals surface area contributed by atoms with E-state index in [1.807, 2.05) is 31.2 Å². The Hall–Kier alpha value is -3.48. The Labute approximate surface area is 148 Å². The molecule has 0 N–H and O–H groups in total. The van der Waals surface area contributed by atoms with Crippen LogP contribution in [0.1, 0.15) is 33.5 Å². The number of benzene rings is 2. The van der Waals surface area contributed by atoms with Gasteiger partial charge in [-0.1, -0.05) is 36.3 Å². The van der Waals surface area contributed by atoms with E-state index in [0.29, 0.717) is 11.5 Å². The van der Waals surface area contributed by atoms with Crippen molar-refractivity contribution in [3.05, 3.63) is 65.5 Å². The molecule has 0 spiro atoms. The summed E-state index contributed by atoms with van der Waals surface area (Å²) in [5.74, 6) is -1.25. The number of imide groups is 1. The summed E-state index contributed by atoms with van der Waals surface area (Å²) in [5, 5.41) is 0.526. The number of hydrogen-bond donors (Lipinski definition) is 0. The predicted molar refractivity (Wildman–Crippen MR) is 92.1 cm³/mol. The number of aryl methyl sites for hydroxylation is 1. The number of imidazole rings is 1. The third-order valence-electron chi connectivity index (χ3n) is 4.29. The molecule has 0 saturated carbocycles. The van der Waals surface area contributed by atoms with Crippen molar-refractivity contribution in [2.75, 3.05) is 0 Å². The minimum atomic E-state index is -0.711. The van der Waals surface area contributed by atoms with Crippen LogP contribution >= 0.6 is 0 Å². The summed E-state index contributed by atoms with van der Waals surface area (Å²) in [6.07, 6.45) is 0.634. The van der Waals surface area contributed by atoms with Crippen molar-refractivity contribution in [2.24, 2.45) is 0 Å². The highest BCUT2D eigenvalue weighted by atomic mass is 16.7. The SMILES string of the molecule is CCc1nc2ccccc2n1CC(=O)ON1C(=O)c2ccccc2C1=O. The van der Waals surface area contributed by atoms with E-state index in [9.17, 15) is 14.4 Å². The largest absolute Gasteiger partial charge is 0.352 e. The van der Waals surface area contributed by atoms with Crippen LogP contribution in [0, 0.1) is 0 Å². The van der Waals surface area contributed by atoms with Crippen LogP contribution in [-0.2, 0) is 22.6 Å². The highest BCUT2D eigenvalue weighted by Gasteiger charge is 2.38. The zero-order chi connectivity index (χ0) is 18.3. The zero-order valence-corrected chi connectivity index (χ0v) is 14.0. The van der Waals surface area contributed by atoms with Crippen molar-refractivity contribution in [3.8, 4) is 0 Å². The molecule has 0 atom stereocenters. The summed E-state index contributed by atoms with van der Waals surface area (Å²) < 4.78 is 1.73. The van der Waals surface area contributed by atoms with Gasteiger partial charge >= 0.3 is 5.97 Å². The first-order valence-corrected chi connectivity index (χ1v) is 8.23. The number of hydrogen-bond acceptors (Lipinski definition) is 5. The third-order valence-corrected chi connectivity index (χ3v) is 4.29. The van der Waals surface area contributed by atoms with E-state index < -0.39 is 17.8 Å². The lowest BCUT2D eigenvalue weighted by molar-refractivity contribution is -0.169. The van der Waals surface area contributed by atoms with Gasteiger partial charge in [0.25, 0.3) is 11.8 Å². The molecule has 0 aliphatic carbocycles. The molecular weight excluding hydrogens is 334 g/mol. The average Bonchev–Trinajstić information content (AvgIpc) is 3.13. The van der Waals surface area contributed by atoms with Crippen LogP contribution < -0.4 is 0 Å². The number of carbonyl (C=O) groups is 3. The fraction of sp³-hybridized carbons (Fsp3) is 0.158. The van der Waals surface area contributed by atoms with Gasteiger partial charge in [0.05, 0.1) is 22.2 Å². The molecule has 26 heavy (non-hydrogen) atoms. The van der Waals surface area contributed by atoms with Gasteiger partial charge in [0.2, 0.25) is 0 Å². The van der Waals surface area contributed by atoms with Crippen LogP contribution in [0.2, 0.25) is 0 Å². The number of nitrogens with zero attached hydrogens (tertiary/aromatic N) is 3. The normalized spacial score (nSPS) is 13.3. The summed E-state index contributed by atoms with van der Waals surface area (Å²) >= 11 is 0. The summed E-state index contributed by atoms with van der Waals surface area (Å²) in [4.78, 5) is 46.6. The van der Waals surface area contributed by atoms with Crippen molar-refractivity contribution >= 4 is 28.8 Å². The Balaban J connectivity index is 1.58. The van der Waals surface area contributed by atoms with Gasteiger partial charge in [-0.05, 0) is 24.3 Å².